The van der Waals surface area contributed by atoms with E-state index in [1.807, 2.05) is 20.8 Å². The number of hydrogen-bond acceptors (Lipinski definition) is 4. The van der Waals surface area contributed by atoms with Crippen molar-refractivity contribution in [1.29, 1.82) is 0 Å². The molecule has 1 saturated heterocycles. The predicted octanol–water partition coefficient (Wildman–Crippen LogP) is 3.22. The highest BCUT2D eigenvalue weighted by molar-refractivity contribution is 9.10. The Kier molecular flexibility index (Phi) is 6.21. The van der Waals surface area contributed by atoms with Crippen LogP contribution < -0.4 is 5.32 Å². The van der Waals surface area contributed by atoms with E-state index in [-0.39, 0.29) is 17.9 Å². The first-order valence-corrected chi connectivity index (χ1v) is 8.92. The maximum absolute atomic E-state index is 12.2. The van der Waals surface area contributed by atoms with Gasteiger partial charge in [0.2, 0.25) is 0 Å². The molecule has 0 aliphatic carbocycles. The molecule has 1 aromatic heterocycles. The fraction of sp³-hybridized carbons (Fsp3) is 0.588. The van der Waals surface area contributed by atoms with Crippen LogP contribution in [0.3, 0.4) is 0 Å². The van der Waals surface area contributed by atoms with Crippen LogP contribution >= 0.6 is 15.9 Å². The Bertz CT molecular complexity index is 601. The number of carbonyl (C=O) groups excluding carboxylic acids is 2. The third-order valence-corrected chi connectivity index (χ3v) is 4.11. The number of hydrogen-bond donors (Lipinski definition) is 1. The van der Waals surface area contributed by atoms with Crippen LogP contribution in [0.4, 0.5) is 4.79 Å². The van der Waals surface area contributed by atoms with Gasteiger partial charge >= 0.3 is 6.09 Å². The molecule has 2 rings (SSSR count). The molecular weight excluding hydrogens is 374 g/mol. The molecule has 1 aliphatic heterocycles. The highest BCUT2D eigenvalue weighted by Gasteiger charge is 2.27. The minimum Gasteiger partial charge on any atom is -0.444 e. The van der Waals surface area contributed by atoms with Gasteiger partial charge in [0, 0.05) is 19.6 Å². The summed E-state index contributed by atoms with van der Waals surface area (Å²) < 4.78 is 6.05. The van der Waals surface area contributed by atoms with Crippen LogP contribution in [0.1, 0.15) is 44.1 Å². The van der Waals surface area contributed by atoms with Crippen LogP contribution in [0.25, 0.3) is 0 Å². The third kappa shape index (κ3) is 5.78. The summed E-state index contributed by atoms with van der Waals surface area (Å²) >= 11 is 3.26. The largest absolute Gasteiger partial charge is 0.444 e. The third-order valence-electron chi connectivity index (χ3n) is 3.67. The van der Waals surface area contributed by atoms with Gasteiger partial charge in [-0.3, -0.25) is 4.79 Å². The second-order valence-electron chi connectivity index (χ2n) is 6.99. The minimum absolute atomic E-state index is 0.203. The molecule has 24 heavy (non-hydrogen) atoms. The number of aromatic nitrogens is 1. The van der Waals surface area contributed by atoms with Gasteiger partial charge < -0.3 is 15.0 Å². The van der Waals surface area contributed by atoms with Crippen LogP contribution in [0, 0.1) is 5.92 Å². The smallest absolute Gasteiger partial charge is 0.410 e. The summed E-state index contributed by atoms with van der Waals surface area (Å²) in [5.74, 6) is 0.0214. The molecule has 0 bridgehead atoms. The van der Waals surface area contributed by atoms with Crippen molar-refractivity contribution in [3.63, 3.8) is 0 Å². The Balaban J connectivity index is 1.84. The fourth-order valence-corrected chi connectivity index (χ4v) is 2.93. The monoisotopic (exact) mass is 397 g/mol. The summed E-state index contributed by atoms with van der Waals surface area (Å²) in [5.41, 5.74) is -0.117. The van der Waals surface area contributed by atoms with Gasteiger partial charge in [0.25, 0.3) is 5.91 Å². The summed E-state index contributed by atoms with van der Waals surface area (Å²) in [6, 6.07) is 5.22. The van der Waals surface area contributed by atoms with Gasteiger partial charge in [-0.25, -0.2) is 9.78 Å². The number of amides is 2. The molecule has 6 nitrogen and oxygen atoms in total. The lowest BCUT2D eigenvalue weighted by Gasteiger charge is -2.34. The first-order chi connectivity index (χ1) is 11.2. The lowest BCUT2D eigenvalue weighted by molar-refractivity contribution is 0.0167. The SMILES string of the molecule is CC(C)(C)OC(=O)N1CCC[C@@H](CNC(=O)c2cccc(Br)n2)C1. The molecule has 0 unspecified atom stereocenters. The van der Waals surface area contributed by atoms with Crippen molar-refractivity contribution in [2.24, 2.45) is 5.92 Å². The Labute approximate surface area is 151 Å². The Hall–Kier alpha value is -1.63. The summed E-state index contributed by atoms with van der Waals surface area (Å²) in [6.45, 7) is 7.40. The van der Waals surface area contributed by atoms with Crippen LogP contribution in [0.5, 0.6) is 0 Å². The molecule has 0 radical (unpaired) electrons. The average Bonchev–Trinajstić information content (AvgIpc) is 2.51. The molecule has 1 atom stereocenters. The lowest BCUT2D eigenvalue weighted by atomic mass is 9.98. The van der Waals surface area contributed by atoms with Gasteiger partial charge in [0.05, 0.1) is 0 Å². The molecule has 132 valence electrons. The quantitative estimate of drug-likeness (QED) is 0.794. The Morgan fingerprint density at radius 2 is 2.17 bits per heavy atom. The molecule has 0 aromatic carbocycles. The van der Waals surface area contributed by atoms with Gasteiger partial charge in [-0.2, -0.15) is 0 Å². The topological polar surface area (TPSA) is 71.5 Å². The number of nitrogens with zero attached hydrogens (tertiary/aromatic N) is 2. The molecule has 1 aliphatic rings. The number of piperidine rings is 1. The van der Waals surface area contributed by atoms with Crippen molar-refractivity contribution in [1.82, 2.24) is 15.2 Å². The average molecular weight is 398 g/mol. The maximum atomic E-state index is 12.2. The zero-order valence-electron chi connectivity index (χ0n) is 14.3. The van der Waals surface area contributed by atoms with Crippen LogP contribution in [-0.2, 0) is 4.74 Å². The van der Waals surface area contributed by atoms with Crippen LogP contribution in [-0.4, -0.2) is 47.1 Å². The highest BCUT2D eigenvalue weighted by atomic mass is 79.9. The second-order valence-corrected chi connectivity index (χ2v) is 7.80. The molecule has 1 fully saturated rings. The van der Waals surface area contributed by atoms with Crippen molar-refractivity contribution >= 4 is 27.9 Å². The fourth-order valence-electron chi connectivity index (χ4n) is 2.59. The van der Waals surface area contributed by atoms with E-state index >= 15 is 0 Å². The Morgan fingerprint density at radius 1 is 1.42 bits per heavy atom. The zero-order chi connectivity index (χ0) is 17.7. The molecule has 0 saturated carbocycles. The summed E-state index contributed by atoms with van der Waals surface area (Å²) in [6.07, 6.45) is 1.60. The first-order valence-electron chi connectivity index (χ1n) is 8.13. The first kappa shape index (κ1) is 18.7. The van der Waals surface area contributed by atoms with E-state index in [1.54, 1.807) is 23.1 Å². The van der Waals surface area contributed by atoms with Crippen molar-refractivity contribution in [2.45, 2.75) is 39.2 Å². The van der Waals surface area contributed by atoms with E-state index in [2.05, 4.69) is 26.2 Å². The second kappa shape index (κ2) is 7.96. The zero-order valence-corrected chi connectivity index (χ0v) is 15.9. The maximum Gasteiger partial charge on any atom is 0.410 e. The van der Waals surface area contributed by atoms with Crippen molar-refractivity contribution in [3.8, 4) is 0 Å². The van der Waals surface area contributed by atoms with Crippen LogP contribution in [0.15, 0.2) is 22.8 Å². The number of rotatable bonds is 3. The summed E-state index contributed by atoms with van der Waals surface area (Å²) in [4.78, 5) is 30.2. The minimum atomic E-state index is -0.495. The molecule has 2 heterocycles. The molecular formula is C17H24BrN3O3. The highest BCUT2D eigenvalue weighted by Crippen LogP contribution is 2.19. The number of halogens is 1. The molecule has 2 amide bonds. The summed E-state index contributed by atoms with van der Waals surface area (Å²) in [5, 5.41) is 2.90. The van der Waals surface area contributed by atoms with Crippen molar-refractivity contribution in [3.05, 3.63) is 28.5 Å². The van der Waals surface area contributed by atoms with E-state index in [0.29, 0.717) is 29.9 Å². The molecule has 7 heteroatoms. The molecule has 1 N–H and O–H groups in total. The number of pyridine rings is 1. The van der Waals surface area contributed by atoms with E-state index in [0.717, 1.165) is 12.8 Å². The van der Waals surface area contributed by atoms with E-state index in [4.69, 9.17) is 4.74 Å². The van der Waals surface area contributed by atoms with Gasteiger partial charge in [0.15, 0.2) is 0 Å². The van der Waals surface area contributed by atoms with Crippen molar-refractivity contribution in [2.75, 3.05) is 19.6 Å². The molecule has 1 aromatic rings. The van der Waals surface area contributed by atoms with Crippen molar-refractivity contribution < 1.29 is 14.3 Å². The standard InChI is InChI=1S/C17H24BrN3O3/c1-17(2,3)24-16(23)21-9-5-6-12(11-21)10-19-15(22)13-7-4-8-14(18)20-13/h4,7-8,12H,5-6,9-11H2,1-3H3,(H,19,22)/t12-/m0/s1. The number of nitrogens with one attached hydrogen (secondary N) is 1. The van der Waals surface area contributed by atoms with E-state index < -0.39 is 5.60 Å². The number of carbonyl (C=O) groups is 2. The van der Waals surface area contributed by atoms with Crippen LogP contribution in [0.2, 0.25) is 0 Å². The van der Waals surface area contributed by atoms with Gasteiger partial charge in [-0.05, 0) is 67.6 Å². The molecule has 0 spiro atoms. The summed E-state index contributed by atoms with van der Waals surface area (Å²) in [7, 11) is 0. The van der Waals surface area contributed by atoms with Gasteiger partial charge in [0.1, 0.15) is 15.9 Å². The van der Waals surface area contributed by atoms with Gasteiger partial charge in [-0.1, -0.05) is 6.07 Å². The lowest BCUT2D eigenvalue weighted by Crippen LogP contribution is -2.45. The van der Waals surface area contributed by atoms with E-state index in [1.165, 1.54) is 0 Å². The number of ether oxygens (including phenoxy) is 1. The predicted molar refractivity (Wildman–Crippen MR) is 94.8 cm³/mol. The normalized spacial score (nSPS) is 18.2. The van der Waals surface area contributed by atoms with E-state index in [9.17, 15) is 9.59 Å². The van der Waals surface area contributed by atoms with Gasteiger partial charge in [-0.15, -0.1) is 0 Å². The number of likely N-dealkylation sites (tertiary alicyclic amines) is 1. The Morgan fingerprint density at radius 3 is 2.83 bits per heavy atom.